The van der Waals surface area contributed by atoms with Gasteiger partial charge in [-0.3, -0.25) is 10.1 Å². The smallest absolute Gasteiger partial charge is 0.273 e. The number of hydrogen-bond donors (Lipinski definition) is 1. The summed E-state index contributed by atoms with van der Waals surface area (Å²) in [6.45, 7) is 4.68. The van der Waals surface area contributed by atoms with Gasteiger partial charge in [-0.1, -0.05) is 13.8 Å². The van der Waals surface area contributed by atoms with Gasteiger partial charge in [-0.15, -0.1) is 0 Å². The second-order valence-corrected chi connectivity index (χ2v) is 4.82. The van der Waals surface area contributed by atoms with E-state index in [-0.39, 0.29) is 5.69 Å². The fourth-order valence-electron chi connectivity index (χ4n) is 1.79. The predicted octanol–water partition coefficient (Wildman–Crippen LogP) is 2.76. The zero-order valence-electron chi connectivity index (χ0n) is 12.1. The SMILES string of the molecule is COc1cc([N+](=O)[O-])ccc1-c1nc(CNC(C)C)co1. The molecule has 0 radical (unpaired) electrons. The molecule has 1 aromatic heterocycles. The van der Waals surface area contributed by atoms with Crippen LogP contribution in [0.2, 0.25) is 0 Å². The number of nitrogens with one attached hydrogen (secondary N) is 1. The van der Waals surface area contributed by atoms with Gasteiger partial charge in [-0.2, -0.15) is 0 Å². The molecule has 0 saturated carbocycles. The van der Waals surface area contributed by atoms with Gasteiger partial charge in [0.25, 0.3) is 5.69 Å². The Balaban J connectivity index is 2.27. The fourth-order valence-corrected chi connectivity index (χ4v) is 1.79. The molecule has 1 N–H and O–H groups in total. The molecule has 0 aliphatic carbocycles. The Morgan fingerprint density at radius 1 is 1.48 bits per heavy atom. The van der Waals surface area contributed by atoms with E-state index in [1.807, 2.05) is 13.8 Å². The highest BCUT2D eigenvalue weighted by atomic mass is 16.6. The van der Waals surface area contributed by atoms with E-state index in [0.717, 1.165) is 5.69 Å². The van der Waals surface area contributed by atoms with Crippen molar-refractivity contribution in [3.05, 3.63) is 40.3 Å². The van der Waals surface area contributed by atoms with Crippen LogP contribution in [0.4, 0.5) is 5.69 Å². The van der Waals surface area contributed by atoms with Crippen LogP contribution in [0.1, 0.15) is 19.5 Å². The zero-order valence-corrected chi connectivity index (χ0v) is 12.1. The lowest BCUT2D eigenvalue weighted by atomic mass is 10.2. The van der Waals surface area contributed by atoms with Gasteiger partial charge in [0, 0.05) is 18.7 Å². The first kappa shape index (κ1) is 15.0. The molecular weight excluding hydrogens is 274 g/mol. The van der Waals surface area contributed by atoms with Gasteiger partial charge in [0.1, 0.15) is 12.0 Å². The maximum absolute atomic E-state index is 10.8. The molecule has 0 unspecified atom stereocenters. The summed E-state index contributed by atoms with van der Waals surface area (Å²) in [7, 11) is 1.45. The van der Waals surface area contributed by atoms with Crippen LogP contribution in [0, 0.1) is 10.1 Å². The Labute approximate surface area is 122 Å². The molecule has 0 saturated heterocycles. The Morgan fingerprint density at radius 2 is 2.24 bits per heavy atom. The predicted molar refractivity (Wildman–Crippen MR) is 77.1 cm³/mol. The second kappa shape index (κ2) is 6.36. The molecular formula is C14H17N3O4. The first-order chi connectivity index (χ1) is 10.0. The number of ether oxygens (including phenoxy) is 1. The normalized spacial score (nSPS) is 10.9. The van der Waals surface area contributed by atoms with Gasteiger partial charge in [0.15, 0.2) is 0 Å². The van der Waals surface area contributed by atoms with Crippen molar-refractivity contribution in [2.75, 3.05) is 7.11 Å². The van der Waals surface area contributed by atoms with Crippen molar-refractivity contribution < 1.29 is 14.1 Å². The molecule has 0 fully saturated rings. The third-order valence-electron chi connectivity index (χ3n) is 2.87. The van der Waals surface area contributed by atoms with Gasteiger partial charge >= 0.3 is 0 Å². The molecule has 0 spiro atoms. The molecule has 7 nitrogen and oxygen atoms in total. The lowest BCUT2D eigenvalue weighted by molar-refractivity contribution is -0.384. The Hall–Kier alpha value is -2.41. The lowest BCUT2D eigenvalue weighted by Gasteiger charge is -2.05. The molecule has 112 valence electrons. The average molecular weight is 291 g/mol. The summed E-state index contributed by atoms with van der Waals surface area (Å²) in [5.41, 5.74) is 1.31. The molecule has 2 aromatic rings. The van der Waals surface area contributed by atoms with Crippen molar-refractivity contribution in [1.82, 2.24) is 10.3 Å². The Kier molecular flexibility index (Phi) is 4.54. The van der Waals surface area contributed by atoms with Crippen LogP contribution in [0.5, 0.6) is 5.75 Å². The minimum Gasteiger partial charge on any atom is -0.496 e. The molecule has 0 atom stereocenters. The number of nitro benzene ring substituents is 1. The minimum atomic E-state index is -0.472. The molecule has 1 aromatic carbocycles. The van der Waals surface area contributed by atoms with Crippen molar-refractivity contribution >= 4 is 5.69 Å². The number of aromatic nitrogens is 1. The van der Waals surface area contributed by atoms with Crippen LogP contribution >= 0.6 is 0 Å². The topological polar surface area (TPSA) is 90.4 Å². The second-order valence-electron chi connectivity index (χ2n) is 4.82. The summed E-state index contributed by atoms with van der Waals surface area (Å²) in [4.78, 5) is 14.7. The molecule has 21 heavy (non-hydrogen) atoms. The van der Waals surface area contributed by atoms with Crippen molar-refractivity contribution in [3.8, 4) is 17.2 Å². The van der Waals surface area contributed by atoms with E-state index < -0.39 is 4.92 Å². The summed E-state index contributed by atoms with van der Waals surface area (Å²) in [5, 5.41) is 14.0. The average Bonchev–Trinajstić information content (AvgIpc) is 2.93. The van der Waals surface area contributed by atoms with Crippen LogP contribution in [0.3, 0.4) is 0 Å². The largest absolute Gasteiger partial charge is 0.496 e. The van der Waals surface area contributed by atoms with Gasteiger partial charge < -0.3 is 14.5 Å². The van der Waals surface area contributed by atoms with E-state index >= 15 is 0 Å². The molecule has 0 bridgehead atoms. The van der Waals surface area contributed by atoms with Gasteiger partial charge in [0.05, 0.1) is 29.4 Å². The van der Waals surface area contributed by atoms with Gasteiger partial charge in [-0.05, 0) is 6.07 Å². The molecule has 7 heteroatoms. The standard InChI is InChI=1S/C14H17N3O4/c1-9(2)15-7-10-8-21-14(16-10)12-5-4-11(17(18)19)6-13(12)20-3/h4-6,8-9,15H,7H2,1-3H3. The number of benzene rings is 1. The van der Waals surface area contributed by atoms with Gasteiger partial charge in [-0.25, -0.2) is 4.98 Å². The molecule has 0 amide bonds. The number of oxazole rings is 1. The summed E-state index contributed by atoms with van der Waals surface area (Å²) in [5.74, 6) is 0.733. The zero-order chi connectivity index (χ0) is 15.4. The Morgan fingerprint density at radius 3 is 2.86 bits per heavy atom. The number of rotatable bonds is 6. The van der Waals surface area contributed by atoms with Crippen LogP contribution in [-0.2, 0) is 6.54 Å². The van der Waals surface area contributed by atoms with E-state index in [2.05, 4.69) is 10.3 Å². The van der Waals surface area contributed by atoms with Gasteiger partial charge in [0.2, 0.25) is 5.89 Å². The van der Waals surface area contributed by atoms with Crippen molar-refractivity contribution in [1.29, 1.82) is 0 Å². The summed E-state index contributed by atoms with van der Waals surface area (Å²) in [6, 6.07) is 4.67. The van der Waals surface area contributed by atoms with E-state index in [9.17, 15) is 10.1 Å². The number of nitrogens with zero attached hydrogens (tertiary/aromatic N) is 2. The number of nitro groups is 1. The van der Waals surface area contributed by atoms with Crippen LogP contribution in [0.25, 0.3) is 11.5 Å². The lowest BCUT2D eigenvalue weighted by Crippen LogP contribution is -2.21. The third-order valence-corrected chi connectivity index (χ3v) is 2.87. The molecule has 1 heterocycles. The third kappa shape index (κ3) is 3.57. The minimum absolute atomic E-state index is 0.0381. The summed E-state index contributed by atoms with van der Waals surface area (Å²) < 4.78 is 10.6. The Bertz CT molecular complexity index is 637. The first-order valence-corrected chi connectivity index (χ1v) is 6.52. The van der Waals surface area contributed by atoms with E-state index in [0.29, 0.717) is 29.8 Å². The fraction of sp³-hybridized carbons (Fsp3) is 0.357. The quantitative estimate of drug-likeness (QED) is 0.650. The maximum Gasteiger partial charge on any atom is 0.273 e. The number of non-ortho nitro benzene ring substituents is 1. The molecule has 2 rings (SSSR count). The first-order valence-electron chi connectivity index (χ1n) is 6.52. The highest BCUT2D eigenvalue weighted by molar-refractivity contribution is 5.65. The van der Waals surface area contributed by atoms with Crippen molar-refractivity contribution in [2.24, 2.45) is 0 Å². The van der Waals surface area contributed by atoms with Crippen LogP contribution in [-0.4, -0.2) is 23.1 Å². The molecule has 0 aliphatic heterocycles. The highest BCUT2D eigenvalue weighted by Crippen LogP contribution is 2.32. The summed E-state index contributed by atoms with van der Waals surface area (Å²) in [6.07, 6.45) is 1.56. The van der Waals surface area contributed by atoms with E-state index in [1.165, 1.54) is 19.2 Å². The van der Waals surface area contributed by atoms with E-state index in [4.69, 9.17) is 9.15 Å². The van der Waals surface area contributed by atoms with E-state index in [1.54, 1.807) is 12.3 Å². The monoisotopic (exact) mass is 291 g/mol. The van der Waals surface area contributed by atoms with Crippen LogP contribution in [0.15, 0.2) is 28.9 Å². The highest BCUT2D eigenvalue weighted by Gasteiger charge is 2.16. The van der Waals surface area contributed by atoms with Crippen molar-refractivity contribution in [2.45, 2.75) is 26.4 Å². The van der Waals surface area contributed by atoms with Crippen LogP contribution < -0.4 is 10.1 Å². The number of hydrogen-bond acceptors (Lipinski definition) is 6. The molecule has 0 aliphatic rings. The maximum atomic E-state index is 10.8. The number of methoxy groups -OCH3 is 1. The summed E-state index contributed by atoms with van der Waals surface area (Å²) >= 11 is 0. The van der Waals surface area contributed by atoms with Crippen molar-refractivity contribution in [3.63, 3.8) is 0 Å².